The summed E-state index contributed by atoms with van der Waals surface area (Å²) in [6.45, 7) is 0.610. The third-order valence-electron chi connectivity index (χ3n) is 4.27. The number of hydrogen-bond donors (Lipinski definition) is 0. The van der Waals surface area contributed by atoms with Gasteiger partial charge in [-0.05, 0) is 49.1 Å². The molecule has 0 radical (unpaired) electrons. The summed E-state index contributed by atoms with van der Waals surface area (Å²) >= 11 is 0. The van der Waals surface area contributed by atoms with Crippen LogP contribution in [0.4, 0.5) is 0 Å². The highest BCUT2D eigenvalue weighted by molar-refractivity contribution is 7.90. The molecular weight excluding hydrogens is 328 g/mol. The smallest absolute Gasteiger partial charge is 0.348 e. The Kier molecular flexibility index (Phi) is 3.35. The first-order chi connectivity index (χ1) is 11.4. The molecule has 2 aromatic heterocycles. The van der Waals surface area contributed by atoms with Crippen molar-refractivity contribution in [3.63, 3.8) is 0 Å². The summed E-state index contributed by atoms with van der Waals surface area (Å²) in [5.41, 5.74) is 0.714. The van der Waals surface area contributed by atoms with E-state index in [9.17, 15) is 13.2 Å². The summed E-state index contributed by atoms with van der Waals surface area (Å²) in [6, 6.07) is 8.20. The fourth-order valence-corrected chi connectivity index (χ4v) is 3.47. The van der Waals surface area contributed by atoms with Gasteiger partial charge in [0.1, 0.15) is 5.69 Å². The molecule has 0 unspecified atom stereocenters. The van der Waals surface area contributed by atoms with Gasteiger partial charge in [0.15, 0.2) is 15.6 Å². The van der Waals surface area contributed by atoms with Crippen LogP contribution in [0.1, 0.15) is 12.8 Å². The Bertz CT molecular complexity index is 1080. The second-order valence-electron chi connectivity index (χ2n) is 6.23. The van der Waals surface area contributed by atoms with E-state index in [1.54, 1.807) is 28.8 Å². The van der Waals surface area contributed by atoms with Crippen molar-refractivity contribution >= 4 is 20.7 Å². The molecule has 3 aromatic rings. The van der Waals surface area contributed by atoms with E-state index in [0.717, 1.165) is 19.1 Å². The number of sulfone groups is 1. The molecule has 0 bridgehead atoms. The lowest BCUT2D eigenvalue weighted by molar-refractivity contribution is 0.576. The minimum absolute atomic E-state index is 0.196. The van der Waals surface area contributed by atoms with E-state index in [4.69, 9.17) is 4.42 Å². The summed E-state index contributed by atoms with van der Waals surface area (Å²) in [5, 5.41) is 0.605. The van der Waals surface area contributed by atoms with E-state index in [1.807, 2.05) is 0 Å². The molecule has 1 aromatic carbocycles. The monoisotopic (exact) mass is 344 g/mol. The molecule has 24 heavy (non-hydrogen) atoms. The van der Waals surface area contributed by atoms with Gasteiger partial charge < -0.3 is 4.42 Å². The van der Waals surface area contributed by atoms with Crippen molar-refractivity contribution in [3.8, 4) is 11.5 Å². The van der Waals surface area contributed by atoms with Crippen molar-refractivity contribution in [2.45, 2.75) is 24.3 Å². The van der Waals surface area contributed by atoms with Crippen LogP contribution in [0.25, 0.3) is 22.4 Å². The Labute approximate surface area is 138 Å². The number of rotatable bonds is 4. The van der Waals surface area contributed by atoms with Crippen molar-refractivity contribution in [3.05, 3.63) is 47.1 Å². The molecule has 124 valence electrons. The average Bonchev–Trinajstić information content (AvgIpc) is 3.19. The van der Waals surface area contributed by atoms with E-state index >= 15 is 0 Å². The molecule has 2 heterocycles. The number of benzene rings is 1. The van der Waals surface area contributed by atoms with Crippen LogP contribution in [0.2, 0.25) is 0 Å². The van der Waals surface area contributed by atoms with E-state index in [0.29, 0.717) is 34.8 Å². The fourth-order valence-electron chi connectivity index (χ4n) is 2.83. The van der Waals surface area contributed by atoms with E-state index < -0.39 is 9.84 Å². The lowest BCUT2D eigenvalue weighted by Crippen LogP contribution is -2.25. The second kappa shape index (κ2) is 5.31. The molecule has 1 fully saturated rings. The summed E-state index contributed by atoms with van der Waals surface area (Å²) in [6.07, 6.45) is 4.87. The highest BCUT2D eigenvalue weighted by Crippen LogP contribution is 2.33. The van der Waals surface area contributed by atoms with Gasteiger partial charge in [-0.1, -0.05) is 0 Å². The van der Waals surface area contributed by atoms with Crippen LogP contribution in [-0.2, 0) is 16.4 Å². The molecule has 6 nitrogen and oxygen atoms in total. The van der Waals surface area contributed by atoms with Gasteiger partial charge in [0.25, 0.3) is 0 Å². The molecular formula is C17H16N2O4S. The minimum Gasteiger partial charge on any atom is -0.463 e. The maximum Gasteiger partial charge on any atom is 0.348 e. The quantitative estimate of drug-likeness (QED) is 0.726. The maximum atomic E-state index is 12.5. The standard InChI is InChI=1S/C17H16N2O4S/c1-24(21,22)12-6-7-14-13(9-12)16(15-3-2-8-23-15)18-17(20)19(14)10-11-4-5-11/h2-3,6-9,11H,4-5,10H2,1H3. The normalized spacial score (nSPS) is 15.0. The van der Waals surface area contributed by atoms with Crippen LogP contribution in [-0.4, -0.2) is 24.2 Å². The van der Waals surface area contributed by atoms with Crippen molar-refractivity contribution < 1.29 is 12.8 Å². The molecule has 0 saturated heterocycles. The van der Waals surface area contributed by atoms with Gasteiger partial charge in [-0.3, -0.25) is 4.57 Å². The van der Waals surface area contributed by atoms with Gasteiger partial charge in [0.2, 0.25) is 0 Å². The summed E-state index contributed by atoms with van der Waals surface area (Å²) in [4.78, 5) is 16.8. The third kappa shape index (κ3) is 2.65. The molecule has 0 atom stereocenters. The summed E-state index contributed by atoms with van der Waals surface area (Å²) < 4.78 is 30.8. The SMILES string of the molecule is CS(=O)(=O)c1ccc2c(c1)c(-c1ccco1)nc(=O)n2CC1CC1. The minimum atomic E-state index is -3.36. The van der Waals surface area contributed by atoms with Gasteiger partial charge >= 0.3 is 5.69 Å². The molecule has 0 N–H and O–H groups in total. The zero-order valence-corrected chi connectivity index (χ0v) is 13.9. The van der Waals surface area contributed by atoms with Crippen LogP contribution < -0.4 is 5.69 Å². The lowest BCUT2D eigenvalue weighted by atomic mass is 10.1. The van der Waals surface area contributed by atoms with Crippen LogP contribution in [0.5, 0.6) is 0 Å². The van der Waals surface area contributed by atoms with Crippen molar-refractivity contribution in [2.24, 2.45) is 5.92 Å². The highest BCUT2D eigenvalue weighted by Gasteiger charge is 2.24. The van der Waals surface area contributed by atoms with Gasteiger partial charge in [-0.15, -0.1) is 0 Å². The molecule has 1 saturated carbocycles. The predicted octanol–water partition coefficient (Wildman–Crippen LogP) is 2.47. The first-order valence-electron chi connectivity index (χ1n) is 7.72. The predicted molar refractivity (Wildman–Crippen MR) is 89.5 cm³/mol. The maximum absolute atomic E-state index is 12.5. The summed E-state index contributed by atoms with van der Waals surface area (Å²) in [7, 11) is -3.36. The Morgan fingerprint density at radius 3 is 2.71 bits per heavy atom. The summed E-state index contributed by atoms with van der Waals surface area (Å²) in [5.74, 6) is 0.943. The molecule has 0 spiro atoms. The topological polar surface area (TPSA) is 82.2 Å². The van der Waals surface area contributed by atoms with Crippen LogP contribution in [0.15, 0.2) is 50.7 Å². The highest BCUT2D eigenvalue weighted by atomic mass is 32.2. The molecule has 0 aliphatic heterocycles. The van der Waals surface area contributed by atoms with Crippen molar-refractivity contribution in [1.29, 1.82) is 0 Å². The molecule has 7 heteroatoms. The van der Waals surface area contributed by atoms with Gasteiger partial charge in [0, 0.05) is 18.2 Å². The number of fused-ring (bicyclic) bond motifs is 1. The fraction of sp³-hybridized carbons (Fsp3) is 0.294. The average molecular weight is 344 g/mol. The van der Waals surface area contributed by atoms with Crippen LogP contribution in [0, 0.1) is 5.92 Å². The molecule has 4 rings (SSSR count). The van der Waals surface area contributed by atoms with Crippen molar-refractivity contribution in [2.75, 3.05) is 6.26 Å². The molecule has 1 aliphatic rings. The largest absolute Gasteiger partial charge is 0.463 e. The Hall–Kier alpha value is -2.41. The van der Waals surface area contributed by atoms with Crippen LogP contribution in [0.3, 0.4) is 0 Å². The van der Waals surface area contributed by atoms with E-state index in [1.165, 1.54) is 12.3 Å². The lowest BCUT2D eigenvalue weighted by Gasteiger charge is -2.12. The first kappa shape index (κ1) is 15.1. The number of nitrogens with zero attached hydrogens (tertiary/aromatic N) is 2. The van der Waals surface area contributed by atoms with Gasteiger partial charge in [0.05, 0.1) is 16.7 Å². The zero-order chi connectivity index (χ0) is 16.9. The molecule has 0 amide bonds. The molecule has 1 aliphatic carbocycles. The Balaban J connectivity index is 2.05. The van der Waals surface area contributed by atoms with Gasteiger partial charge in [-0.25, -0.2) is 13.2 Å². The number of furan rings is 1. The Morgan fingerprint density at radius 1 is 1.29 bits per heavy atom. The number of hydrogen-bond acceptors (Lipinski definition) is 5. The van der Waals surface area contributed by atoms with E-state index in [-0.39, 0.29) is 10.6 Å². The van der Waals surface area contributed by atoms with E-state index in [2.05, 4.69) is 4.98 Å². The third-order valence-corrected chi connectivity index (χ3v) is 5.38. The van der Waals surface area contributed by atoms with Gasteiger partial charge in [-0.2, -0.15) is 4.98 Å². The second-order valence-corrected chi connectivity index (χ2v) is 8.24. The number of aromatic nitrogens is 2. The Morgan fingerprint density at radius 2 is 2.08 bits per heavy atom. The van der Waals surface area contributed by atoms with Crippen molar-refractivity contribution in [1.82, 2.24) is 9.55 Å². The first-order valence-corrected chi connectivity index (χ1v) is 9.61. The van der Waals surface area contributed by atoms with Crippen LogP contribution >= 0.6 is 0 Å². The zero-order valence-electron chi connectivity index (χ0n) is 13.1.